The van der Waals surface area contributed by atoms with E-state index in [0.29, 0.717) is 6.54 Å². The normalized spacial score (nSPS) is 9.50. The fourth-order valence-electron chi connectivity index (χ4n) is 0.959. The fourth-order valence-corrected chi connectivity index (χ4v) is 0.959. The summed E-state index contributed by atoms with van der Waals surface area (Å²) in [6, 6.07) is 6.41. The third-order valence-corrected chi connectivity index (χ3v) is 1.58. The van der Waals surface area contributed by atoms with Gasteiger partial charge in [0.05, 0.1) is 4.92 Å². The lowest BCUT2D eigenvalue weighted by Gasteiger charge is -2.00. The second-order valence-corrected chi connectivity index (χ2v) is 2.60. The Labute approximate surface area is 80.9 Å². The van der Waals surface area contributed by atoms with E-state index in [-0.39, 0.29) is 17.2 Å². The number of rotatable bonds is 3. The molecule has 0 aliphatic heterocycles. The summed E-state index contributed by atoms with van der Waals surface area (Å²) in [7, 11) is 0. The average molecular weight is 193 g/mol. The van der Waals surface area contributed by atoms with Crippen molar-refractivity contribution in [3.05, 3.63) is 39.9 Å². The van der Waals surface area contributed by atoms with E-state index in [0.717, 1.165) is 0 Å². The first-order valence-electron chi connectivity index (χ1n) is 4.09. The van der Waals surface area contributed by atoms with E-state index in [9.17, 15) is 14.9 Å². The number of carbonyl (C=O) groups is 1. The quantitative estimate of drug-likeness (QED) is 0.578. The predicted octanol–water partition coefficient (Wildman–Crippen LogP) is 1.14. The third-order valence-electron chi connectivity index (χ3n) is 1.58. The van der Waals surface area contributed by atoms with Crippen molar-refractivity contribution in [2.45, 2.75) is 6.92 Å². The van der Waals surface area contributed by atoms with E-state index >= 15 is 0 Å². The van der Waals surface area contributed by atoms with E-state index < -0.39 is 4.92 Å². The van der Waals surface area contributed by atoms with Crippen LogP contribution in [-0.4, -0.2) is 17.4 Å². The lowest BCUT2D eigenvalue weighted by molar-refractivity contribution is -0.384. The summed E-state index contributed by atoms with van der Waals surface area (Å²) in [5.74, 6) is -0.326. The summed E-state index contributed by atoms with van der Waals surface area (Å²) in [6.07, 6.45) is 0. The van der Waals surface area contributed by atoms with Crippen molar-refractivity contribution in [3.63, 3.8) is 0 Å². The van der Waals surface area contributed by atoms with Gasteiger partial charge in [0.15, 0.2) is 0 Å². The third kappa shape index (κ3) is 2.29. The number of hydrogen-bond acceptors (Lipinski definition) is 3. The number of carbonyl (C=O) groups excluding carboxylic acids is 1. The number of nitro benzene ring substituents is 1. The van der Waals surface area contributed by atoms with Crippen LogP contribution < -0.4 is 5.32 Å². The molecule has 1 aromatic rings. The maximum absolute atomic E-state index is 11.3. The zero-order valence-electron chi connectivity index (χ0n) is 7.61. The van der Waals surface area contributed by atoms with E-state index in [2.05, 4.69) is 11.4 Å². The Kier molecular flexibility index (Phi) is 3.17. The molecule has 0 aliphatic carbocycles. The lowest BCUT2D eigenvalue weighted by atomic mass is 10.2. The van der Waals surface area contributed by atoms with Gasteiger partial charge in [-0.05, 0) is 19.1 Å². The number of hydrogen-bond donors (Lipinski definition) is 1. The Morgan fingerprint density at radius 1 is 1.64 bits per heavy atom. The minimum atomic E-state index is -0.556. The van der Waals surface area contributed by atoms with E-state index in [1.54, 1.807) is 6.92 Å². The Morgan fingerprint density at radius 2 is 2.36 bits per heavy atom. The molecule has 0 spiro atoms. The number of nitrogens with one attached hydrogen (secondary N) is 1. The lowest BCUT2D eigenvalue weighted by Crippen LogP contribution is -2.22. The van der Waals surface area contributed by atoms with Crippen molar-refractivity contribution >= 4 is 11.6 Å². The molecule has 0 atom stereocenters. The first-order chi connectivity index (χ1) is 6.65. The molecule has 1 amide bonds. The zero-order chi connectivity index (χ0) is 10.6. The molecule has 0 fully saturated rings. The molecular weight excluding hydrogens is 184 g/mol. The maximum Gasteiger partial charge on any atom is 0.270 e. The summed E-state index contributed by atoms with van der Waals surface area (Å²) < 4.78 is 0. The molecule has 0 heterocycles. The topological polar surface area (TPSA) is 72.2 Å². The minimum Gasteiger partial charge on any atom is -0.352 e. The van der Waals surface area contributed by atoms with Crippen LogP contribution in [0.1, 0.15) is 17.3 Å². The van der Waals surface area contributed by atoms with Crippen molar-refractivity contribution in [3.8, 4) is 0 Å². The highest BCUT2D eigenvalue weighted by molar-refractivity contribution is 5.94. The van der Waals surface area contributed by atoms with Crippen molar-refractivity contribution in [2.75, 3.05) is 6.54 Å². The molecule has 5 heteroatoms. The van der Waals surface area contributed by atoms with Crippen LogP contribution in [0.5, 0.6) is 0 Å². The highest BCUT2D eigenvalue weighted by atomic mass is 16.6. The smallest absolute Gasteiger partial charge is 0.270 e. The summed E-state index contributed by atoms with van der Waals surface area (Å²) in [5.41, 5.74) is 0.120. The average Bonchev–Trinajstić information content (AvgIpc) is 2.18. The van der Waals surface area contributed by atoms with E-state index in [4.69, 9.17) is 0 Å². The summed E-state index contributed by atoms with van der Waals surface area (Å²) in [4.78, 5) is 21.1. The molecule has 0 unspecified atom stereocenters. The maximum atomic E-state index is 11.3. The molecule has 0 bridgehead atoms. The summed E-state index contributed by atoms with van der Waals surface area (Å²) in [5, 5.41) is 12.9. The monoisotopic (exact) mass is 193 g/mol. The highest BCUT2D eigenvalue weighted by Gasteiger charge is 2.10. The minimum absolute atomic E-state index is 0.131. The molecule has 1 aromatic carbocycles. The van der Waals surface area contributed by atoms with Crippen molar-refractivity contribution in [1.82, 2.24) is 5.32 Å². The van der Waals surface area contributed by atoms with Gasteiger partial charge < -0.3 is 5.32 Å². The number of non-ortho nitro benzene ring substituents is 1. The fraction of sp³-hybridized carbons (Fsp3) is 0.222. The first kappa shape index (κ1) is 10.2. The van der Waals surface area contributed by atoms with Crippen molar-refractivity contribution in [2.24, 2.45) is 0 Å². The van der Waals surface area contributed by atoms with Gasteiger partial charge in [-0.3, -0.25) is 14.9 Å². The molecule has 0 aromatic heterocycles. The van der Waals surface area contributed by atoms with Crippen LogP contribution in [-0.2, 0) is 0 Å². The van der Waals surface area contributed by atoms with Gasteiger partial charge in [-0.2, -0.15) is 0 Å². The van der Waals surface area contributed by atoms with Crippen LogP contribution in [0.25, 0.3) is 0 Å². The van der Waals surface area contributed by atoms with Gasteiger partial charge in [0.1, 0.15) is 0 Å². The summed E-state index contributed by atoms with van der Waals surface area (Å²) in [6.45, 7) is 2.26. The Bertz CT molecular complexity index is 363. The van der Waals surface area contributed by atoms with Gasteiger partial charge >= 0.3 is 0 Å². The molecule has 1 radical (unpaired) electrons. The van der Waals surface area contributed by atoms with Crippen molar-refractivity contribution in [1.29, 1.82) is 0 Å². The number of nitro groups is 1. The van der Waals surface area contributed by atoms with Crippen LogP contribution in [0.15, 0.2) is 18.2 Å². The molecule has 1 rings (SSSR count). The molecule has 0 saturated carbocycles. The van der Waals surface area contributed by atoms with Crippen LogP contribution in [0.4, 0.5) is 5.69 Å². The van der Waals surface area contributed by atoms with Gasteiger partial charge in [-0.25, -0.2) is 0 Å². The second-order valence-electron chi connectivity index (χ2n) is 2.60. The van der Waals surface area contributed by atoms with Crippen molar-refractivity contribution < 1.29 is 9.72 Å². The molecule has 14 heavy (non-hydrogen) atoms. The Balaban J connectivity index is 2.93. The first-order valence-corrected chi connectivity index (χ1v) is 4.09. The van der Waals surface area contributed by atoms with Crippen LogP contribution in [0.2, 0.25) is 0 Å². The van der Waals surface area contributed by atoms with E-state index in [1.165, 1.54) is 18.2 Å². The Morgan fingerprint density at radius 3 is 2.93 bits per heavy atom. The largest absolute Gasteiger partial charge is 0.352 e. The van der Waals surface area contributed by atoms with Gasteiger partial charge in [0.2, 0.25) is 0 Å². The Hall–Kier alpha value is -1.91. The van der Waals surface area contributed by atoms with Crippen LogP contribution in [0, 0.1) is 16.2 Å². The highest BCUT2D eigenvalue weighted by Crippen LogP contribution is 2.12. The molecule has 1 N–H and O–H groups in total. The van der Waals surface area contributed by atoms with E-state index in [1.807, 2.05) is 0 Å². The molecule has 5 nitrogen and oxygen atoms in total. The van der Waals surface area contributed by atoms with Gasteiger partial charge in [0.25, 0.3) is 11.6 Å². The standard InChI is InChI=1S/C9H9N2O3/c1-2-10-9(12)7-4-3-5-8(6-7)11(13)14/h4-6H,2H2,1H3,(H,10,12). The number of nitrogens with zero attached hydrogens (tertiary/aromatic N) is 1. The van der Waals surface area contributed by atoms with Gasteiger partial charge in [0, 0.05) is 24.2 Å². The van der Waals surface area contributed by atoms with Crippen LogP contribution >= 0.6 is 0 Å². The molecular formula is C9H9N2O3. The zero-order valence-corrected chi connectivity index (χ0v) is 7.61. The molecule has 0 aliphatic rings. The SMILES string of the molecule is CCNC(=O)c1c[c]cc([N+](=O)[O-])c1. The number of benzene rings is 1. The number of amides is 1. The van der Waals surface area contributed by atoms with Gasteiger partial charge in [-0.1, -0.05) is 0 Å². The summed E-state index contributed by atoms with van der Waals surface area (Å²) >= 11 is 0. The van der Waals surface area contributed by atoms with Gasteiger partial charge in [-0.15, -0.1) is 0 Å². The van der Waals surface area contributed by atoms with Crippen LogP contribution in [0.3, 0.4) is 0 Å². The predicted molar refractivity (Wildman–Crippen MR) is 49.9 cm³/mol. The molecule has 73 valence electrons. The second kappa shape index (κ2) is 4.36. The molecule has 0 saturated heterocycles.